The van der Waals surface area contributed by atoms with E-state index in [9.17, 15) is 9.18 Å². The van der Waals surface area contributed by atoms with Crippen LogP contribution in [0.2, 0.25) is 0 Å². The summed E-state index contributed by atoms with van der Waals surface area (Å²) in [5.74, 6) is 0.0545. The van der Waals surface area contributed by atoms with Crippen LogP contribution in [0.15, 0.2) is 72.1 Å². The molecular weight excluding hydrogens is 363 g/mol. The van der Waals surface area contributed by atoms with E-state index in [4.69, 9.17) is 4.74 Å². The number of nitrogens with one attached hydrogen (secondary N) is 1. The summed E-state index contributed by atoms with van der Waals surface area (Å²) in [7, 11) is 0. The lowest BCUT2D eigenvalue weighted by molar-refractivity contribution is 0.102. The number of nitrogens with zero attached hydrogens (tertiary/aromatic N) is 1. The second kappa shape index (κ2) is 7.55. The summed E-state index contributed by atoms with van der Waals surface area (Å²) in [6, 6.07) is 19.4. The molecular formula is C21H15FN2O2S. The SMILES string of the molecule is O=C(Nc1nc(COc2ccc3ccccc3c2)cs1)c1ccc(F)cc1. The Morgan fingerprint density at radius 3 is 2.63 bits per heavy atom. The third kappa shape index (κ3) is 4.12. The van der Waals surface area contributed by atoms with Gasteiger partial charge in [-0.1, -0.05) is 30.3 Å². The lowest BCUT2D eigenvalue weighted by Gasteiger charge is -2.06. The number of hydrogen-bond acceptors (Lipinski definition) is 4. The molecule has 0 spiro atoms. The highest BCUT2D eigenvalue weighted by atomic mass is 32.1. The smallest absolute Gasteiger partial charge is 0.257 e. The van der Waals surface area contributed by atoms with Crippen LogP contribution in [-0.4, -0.2) is 10.9 Å². The van der Waals surface area contributed by atoms with Gasteiger partial charge in [-0.15, -0.1) is 11.3 Å². The van der Waals surface area contributed by atoms with Crippen molar-refractivity contribution in [2.75, 3.05) is 5.32 Å². The van der Waals surface area contributed by atoms with Crippen LogP contribution in [0.3, 0.4) is 0 Å². The van der Waals surface area contributed by atoms with Gasteiger partial charge in [0.2, 0.25) is 0 Å². The van der Waals surface area contributed by atoms with E-state index in [1.807, 2.05) is 41.8 Å². The van der Waals surface area contributed by atoms with Crippen LogP contribution in [0.4, 0.5) is 9.52 Å². The average molecular weight is 378 g/mol. The van der Waals surface area contributed by atoms with Gasteiger partial charge in [-0.25, -0.2) is 9.37 Å². The molecule has 1 aromatic heterocycles. The second-order valence-electron chi connectivity index (χ2n) is 5.90. The molecule has 27 heavy (non-hydrogen) atoms. The highest BCUT2D eigenvalue weighted by Gasteiger charge is 2.10. The van der Waals surface area contributed by atoms with Gasteiger partial charge in [-0.05, 0) is 47.2 Å². The molecule has 134 valence electrons. The molecule has 4 aromatic rings. The van der Waals surface area contributed by atoms with Gasteiger partial charge in [0.15, 0.2) is 5.13 Å². The number of hydrogen-bond donors (Lipinski definition) is 1. The van der Waals surface area contributed by atoms with Crippen molar-refractivity contribution in [1.82, 2.24) is 4.98 Å². The number of halogens is 1. The number of carbonyl (C=O) groups is 1. The maximum Gasteiger partial charge on any atom is 0.257 e. The van der Waals surface area contributed by atoms with Crippen LogP contribution in [0.25, 0.3) is 10.8 Å². The standard InChI is InChI=1S/C21H15FN2O2S/c22-17-8-5-15(6-9-17)20(25)24-21-23-18(13-27-21)12-26-19-10-7-14-3-1-2-4-16(14)11-19/h1-11,13H,12H2,(H,23,24,25). The maximum absolute atomic E-state index is 12.9. The fourth-order valence-corrected chi connectivity index (χ4v) is 3.31. The number of rotatable bonds is 5. The van der Waals surface area contributed by atoms with Crippen molar-refractivity contribution >= 4 is 33.1 Å². The first-order valence-corrected chi connectivity index (χ1v) is 9.18. The molecule has 0 atom stereocenters. The minimum absolute atomic E-state index is 0.307. The molecule has 0 unspecified atom stereocenters. The van der Waals surface area contributed by atoms with Gasteiger partial charge in [-0.2, -0.15) is 0 Å². The molecule has 0 fully saturated rings. The van der Waals surface area contributed by atoms with Gasteiger partial charge in [0.25, 0.3) is 5.91 Å². The molecule has 0 radical (unpaired) electrons. The predicted molar refractivity (Wildman–Crippen MR) is 105 cm³/mol. The summed E-state index contributed by atoms with van der Waals surface area (Å²) in [6.07, 6.45) is 0. The van der Waals surface area contributed by atoms with Gasteiger partial charge in [0, 0.05) is 10.9 Å². The summed E-state index contributed by atoms with van der Waals surface area (Å²) in [6.45, 7) is 0.307. The fraction of sp³-hybridized carbons (Fsp3) is 0.0476. The molecule has 3 aromatic carbocycles. The topological polar surface area (TPSA) is 51.2 Å². The zero-order valence-electron chi connectivity index (χ0n) is 14.2. The molecule has 0 saturated carbocycles. The normalized spacial score (nSPS) is 10.7. The first-order chi connectivity index (χ1) is 13.2. The Kier molecular flexibility index (Phi) is 4.80. The fourth-order valence-electron chi connectivity index (χ4n) is 2.62. The lowest BCUT2D eigenvalue weighted by Crippen LogP contribution is -2.11. The molecule has 1 N–H and O–H groups in total. The van der Waals surface area contributed by atoms with Gasteiger partial charge >= 0.3 is 0 Å². The van der Waals surface area contributed by atoms with Crippen molar-refractivity contribution in [2.24, 2.45) is 0 Å². The third-order valence-corrected chi connectivity index (χ3v) is 4.79. The number of fused-ring (bicyclic) bond motifs is 1. The van der Waals surface area contributed by atoms with Crippen molar-refractivity contribution in [3.05, 3.63) is 89.2 Å². The Hall–Kier alpha value is -3.25. The molecule has 0 aliphatic rings. The number of carbonyl (C=O) groups excluding carboxylic acids is 1. The number of ether oxygens (including phenoxy) is 1. The minimum Gasteiger partial charge on any atom is -0.487 e. The van der Waals surface area contributed by atoms with E-state index in [2.05, 4.69) is 16.4 Å². The van der Waals surface area contributed by atoms with E-state index in [0.717, 1.165) is 22.2 Å². The molecule has 1 amide bonds. The van der Waals surface area contributed by atoms with E-state index in [1.165, 1.54) is 35.6 Å². The average Bonchev–Trinajstić information content (AvgIpc) is 3.14. The minimum atomic E-state index is -0.381. The Morgan fingerprint density at radius 2 is 1.81 bits per heavy atom. The predicted octanol–water partition coefficient (Wildman–Crippen LogP) is 5.27. The molecule has 1 heterocycles. The molecule has 4 rings (SSSR count). The number of thiazole rings is 1. The zero-order chi connectivity index (χ0) is 18.6. The summed E-state index contributed by atoms with van der Waals surface area (Å²) < 4.78 is 18.7. The molecule has 0 saturated heterocycles. The van der Waals surface area contributed by atoms with E-state index < -0.39 is 0 Å². The van der Waals surface area contributed by atoms with Gasteiger partial charge < -0.3 is 4.74 Å². The van der Waals surface area contributed by atoms with Crippen molar-refractivity contribution in [2.45, 2.75) is 6.61 Å². The number of benzene rings is 3. The number of amides is 1. The van der Waals surface area contributed by atoms with Crippen LogP contribution in [0, 0.1) is 5.82 Å². The van der Waals surface area contributed by atoms with Crippen LogP contribution in [0.1, 0.15) is 16.1 Å². The highest BCUT2D eigenvalue weighted by Crippen LogP contribution is 2.22. The highest BCUT2D eigenvalue weighted by molar-refractivity contribution is 7.13. The molecule has 0 aliphatic carbocycles. The van der Waals surface area contributed by atoms with Gasteiger partial charge in [0.05, 0.1) is 5.69 Å². The summed E-state index contributed by atoms with van der Waals surface area (Å²) >= 11 is 1.32. The second-order valence-corrected chi connectivity index (χ2v) is 6.76. The number of anilines is 1. The Labute approximate surface area is 159 Å². The molecule has 0 bridgehead atoms. The maximum atomic E-state index is 12.9. The van der Waals surface area contributed by atoms with Crippen molar-refractivity contribution in [3.63, 3.8) is 0 Å². The van der Waals surface area contributed by atoms with Crippen molar-refractivity contribution in [1.29, 1.82) is 0 Å². The first kappa shape index (κ1) is 17.2. The van der Waals surface area contributed by atoms with E-state index in [1.54, 1.807) is 0 Å². The van der Waals surface area contributed by atoms with Crippen LogP contribution in [-0.2, 0) is 6.61 Å². The van der Waals surface area contributed by atoms with Gasteiger partial charge in [-0.3, -0.25) is 10.1 Å². The van der Waals surface area contributed by atoms with E-state index >= 15 is 0 Å². The van der Waals surface area contributed by atoms with Crippen LogP contribution < -0.4 is 10.1 Å². The molecule has 4 nitrogen and oxygen atoms in total. The largest absolute Gasteiger partial charge is 0.487 e. The quantitative estimate of drug-likeness (QED) is 0.515. The van der Waals surface area contributed by atoms with Crippen molar-refractivity contribution < 1.29 is 13.9 Å². The summed E-state index contributed by atoms with van der Waals surface area (Å²) in [4.78, 5) is 16.5. The Balaban J connectivity index is 1.38. The summed E-state index contributed by atoms with van der Waals surface area (Å²) in [5.41, 5.74) is 1.10. The zero-order valence-corrected chi connectivity index (χ0v) is 15.0. The molecule has 0 aliphatic heterocycles. The summed E-state index contributed by atoms with van der Waals surface area (Å²) in [5, 5.41) is 7.29. The monoisotopic (exact) mass is 378 g/mol. The number of aromatic nitrogens is 1. The Bertz CT molecular complexity index is 1090. The third-order valence-electron chi connectivity index (χ3n) is 3.99. The van der Waals surface area contributed by atoms with Gasteiger partial charge in [0.1, 0.15) is 18.2 Å². The van der Waals surface area contributed by atoms with Crippen LogP contribution in [0.5, 0.6) is 5.75 Å². The Morgan fingerprint density at radius 1 is 1.04 bits per heavy atom. The lowest BCUT2D eigenvalue weighted by atomic mass is 10.1. The first-order valence-electron chi connectivity index (χ1n) is 8.30. The van der Waals surface area contributed by atoms with Crippen LogP contribution >= 0.6 is 11.3 Å². The van der Waals surface area contributed by atoms with E-state index in [-0.39, 0.29) is 11.7 Å². The van der Waals surface area contributed by atoms with E-state index in [0.29, 0.717) is 17.3 Å². The van der Waals surface area contributed by atoms with Crippen molar-refractivity contribution in [3.8, 4) is 5.75 Å². The molecule has 6 heteroatoms.